The number of aliphatic imine (C=N–C) groups is 1. The van der Waals surface area contributed by atoms with Gasteiger partial charge in [0.1, 0.15) is 5.82 Å². The summed E-state index contributed by atoms with van der Waals surface area (Å²) in [6.45, 7) is 5.81. The first kappa shape index (κ1) is 16.0. The molecule has 1 heterocycles. The van der Waals surface area contributed by atoms with Crippen LogP contribution in [0.2, 0.25) is 5.02 Å². The molecule has 120 valence electrons. The molecule has 0 atom stereocenters. The highest BCUT2D eigenvalue weighted by Crippen LogP contribution is 2.27. The van der Waals surface area contributed by atoms with Gasteiger partial charge in [-0.3, -0.25) is 4.99 Å². The van der Waals surface area contributed by atoms with Crippen LogP contribution in [0.5, 0.6) is 0 Å². The van der Waals surface area contributed by atoms with E-state index in [1.54, 1.807) is 12.3 Å². The second-order valence-corrected chi connectivity index (χ2v) is 6.45. The molecule has 1 saturated heterocycles. The molecule has 0 aliphatic carbocycles. The van der Waals surface area contributed by atoms with Gasteiger partial charge in [-0.2, -0.15) is 0 Å². The van der Waals surface area contributed by atoms with Crippen LogP contribution < -0.4 is 4.90 Å². The van der Waals surface area contributed by atoms with Gasteiger partial charge in [0.05, 0.1) is 11.4 Å². The van der Waals surface area contributed by atoms with Gasteiger partial charge in [0.15, 0.2) is 0 Å². The summed E-state index contributed by atoms with van der Waals surface area (Å²) in [5.41, 5.74) is 4.31. The van der Waals surface area contributed by atoms with Crippen LogP contribution in [0.4, 0.5) is 15.8 Å². The van der Waals surface area contributed by atoms with Gasteiger partial charge in [-0.05, 0) is 67.6 Å². The Hall–Kier alpha value is -1.87. The smallest absolute Gasteiger partial charge is 0.147 e. The molecule has 0 spiro atoms. The predicted octanol–water partition coefficient (Wildman–Crippen LogP) is 5.45. The normalized spacial score (nSPS) is 14.9. The van der Waals surface area contributed by atoms with Gasteiger partial charge in [-0.25, -0.2) is 4.39 Å². The maximum absolute atomic E-state index is 14.4. The lowest BCUT2D eigenvalue weighted by molar-refractivity contribution is 0.622. The number of hydrogen-bond donors (Lipinski definition) is 0. The second-order valence-electron chi connectivity index (χ2n) is 6.05. The molecule has 0 unspecified atom stereocenters. The summed E-state index contributed by atoms with van der Waals surface area (Å²) >= 11 is 6.11. The van der Waals surface area contributed by atoms with E-state index in [4.69, 9.17) is 11.6 Å². The summed E-state index contributed by atoms with van der Waals surface area (Å²) in [5, 5.41) is 0.687. The minimum atomic E-state index is -0.180. The molecule has 3 rings (SSSR count). The first-order valence-electron chi connectivity index (χ1n) is 7.90. The van der Waals surface area contributed by atoms with Crippen LogP contribution in [0.3, 0.4) is 0 Å². The van der Waals surface area contributed by atoms with Crippen LogP contribution >= 0.6 is 11.6 Å². The van der Waals surface area contributed by atoms with E-state index in [0.717, 1.165) is 48.3 Å². The van der Waals surface area contributed by atoms with Crippen molar-refractivity contribution in [2.45, 2.75) is 26.7 Å². The Kier molecular flexibility index (Phi) is 4.67. The third-order valence-corrected chi connectivity index (χ3v) is 4.70. The molecule has 0 N–H and O–H groups in total. The molecule has 0 radical (unpaired) electrons. The summed E-state index contributed by atoms with van der Waals surface area (Å²) < 4.78 is 14.4. The topological polar surface area (TPSA) is 15.6 Å². The summed E-state index contributed by atoms with van der Waals surface area (Å²) in [4.78, 5) is 6.53. The maximum atomic E-state index is 14.4. The Morgan fingerprint density at radius 1 is 1.09 bits per heavy atom. The summed E-state index contributed by atoms with van der Waals surface area (Å²) in [5.74, 6) is -0.180. The Balaban J connectivity index is 1.86. The van der Waals surface area contributed by atoms with Gasteiger partial charge >= 0.3 is 0 Å². The predicted molar refractivity (Wildman–Crippen MR) is 96.0 cm³/mol. The van der Waals surface area contributed by atoms with E-state index >= 15 is 0 Å². The van der Waals surface area contributed by atoms with E-state index in [1.165, 1.54) is 0 Å². The first-order valence-corrected chi connectivity index (χ1v) is 8.28. The molecule has 23 heavy (non-hydrogen) atoms. The van der Waals surface area contributed by atoms with Crippen molar-refractivity contribution in [2.75, 3.05) is 18.0 Å². The lowest BCUT2D eigenvalue weighted by atomic mass is 10.1. The van der Waals surface area contributed by atoms with E-state index in [0.29, 0.717) is 10.7 Å². The van der Waals surface area contributed by atoms with Crippen LogP contribution in [-0.2, 0) is 0 Å². The van der Waals surface area contributed by atoms with Gasteiger partial charge in [-0.1, -0.05) is 17.7 Å². The largest absolute Gasteiger partial charge is 0.369 e. The van der Waals surface area contributed by atoms with Gasteiger partial charge in [0.25, 0.3) is 0 Å². The van der Waals surface area contributed by atoms with Crippen molar-refractivity contribution >= 4 is 29.2 Å². The molecule has 0 saturated carbocycles. The molecule has 0 amide bonds. The van der Waals surface area contributed by atoms with E-state index in [9.17, 15) is 4.39 Å². The maximum Gasteiger partial charge on any atom is 0.147 e. The Labute approximate surface area is 141 Å². The summed E-state index contributed by atoms with van der Waals surface area (Å²) in [6.07, 6.45) is 3.97. The van der Waals surface area contributed by atoms with E-state index in [1.807, 2.05) is 38.1 Å². The SMILES string of the molecule is Cc1ccc(N=Cc2cc(F)c(N3CCCC3)cc2C)cc1Cl. The number of rotatable bonds is 3. The van der Waals surface area contributed by atoms with Crippen LogP contribution in [0.15, 0.2) is 35.3 Å². The molecule has 1 aliphatic rings. The van der Waals surface area contributed by atoms with Crippen molar-refractivity contribution < 1.29 is 4.39 Å². The quantitative estimate of drug-likeness (QED) is 0.683. The molecular weight excluding hydrogens is 311 g/mol. The molecule has 2 aromatic carbocycles. The van der Waals surface area contributed by atoms with Gasteiger partial charge in [0.2, 0.25) is 0 Å². The molecule has 1 aliphatic heterocycles. The summed E-state index contributed by atoms with van der Waals surface area (Å²) in [7, 11) is 0. The van der Waals surface area contributed by atoms with Crippen molar-refractivity contribution in [3.63, 3.8) is 0 Å². The fraction of sp³-hybridized carbons (Fsp3) is 0.316. The molecule has 2 aromatic rings. The molecule has 2 nitrogen and oxygen atoms in total. The van der Waals surface area contributed by atoms with Gasteiger partial charge in [-0.15, -0.1) is 0 Å². The number of benzene rings is 2. The Morgan fingerprint density at radius 2 is 1.83 bits per heavy atom. The monoisotopic (exact) mass is 330 g/mol. The standard InChI is InChI=1S/C19H20ClFN2/c1-13-5-6-16(11-17(13)20)22-12-15-10-18(21)19(9-14(15)2)23-7-3-4-8-23/h5-6,9-12H,3-4,7-8H2,1-2H3. The molecular formula is C19H20ClFN2. The van der Waals surface area contributed by atoms with E-state index in [-0.39, 0.29) is 5.82 Å². The average molecular weight is 331 g/mol. The van der Waals surface area contributed by atoms with Crippen LogP contribution in [0.25, 0.3) is 0 Å². The first-order chi connectivity index (χ1) is 11.0. The number of halogens is 2. The van der Waals surface area contributed by atoms with Crippen molar-refractivity contribution in [1.29, 1.82) is 0 Å². The molecule has 4 heteroatoms. The minimum absolute atomic E-state index is 0.180. The Morgan fingerprint density at radius 3 is 2.52 bits per heavy atom. The lowest BCUT2D eigenvalue weighted by Gasteiger charge is -2.19. The van der Waals surface area contributed by atoms with Gasteiger partial charge < -0.3 is 4.90 Å². The highest BCUT2D eigenvalue weighted by atomic mass is 35.5. The average Bonchev–Trinajstić information content (AvgIpc) is 3.05. The second kappa shape index (κ2) is 6.71. The Bertz CT molecular complexity index is 749. The van der Waals surface area contributed by atoms with Crippen LogP contribution in [0, 0.1) is 19.7 Å². The zero-order chi connectivity index (χ0) is 16.4. The van der Waals surface area contributed by atoms with E-state index in [2.05, 4.69) is 9.89 Å². The van der Waals surface area contributed by atoms with Crippen molar-refractivity contribution in [3.8, 4) is 0 Å². The molecule has 0 bridgehead atoms. The lowest BCUT2D eigenvalue weighted by Crippen LogP contribution is -2.19. The zero-order valence-electron chi connectivity index (χ0n) is 13.4. The van der Waals surface area contributed by atoms with Crippen molar-refractivity contribution in [3.05, 3.63) is 57.9 Å². The number of anilines is 1. The fourth-order valence-corrected chi connectivity index (χ4v) is 3.00. The summed E-state index contributed by atoms with van der Waals surface area (Å²) in [6, 6.07) is 9.14. The van der Waals surface area contributed by atoms with Crippen LogP contribution in [-0.4, -0.2) is 19.3 Å². The number of aryl methyl sites for hydroxylation is 2. The van der Waals surface area contributed by atoms with Crippen molar-refractivity contribution in [1.82, 2.24) is 0 Å². The minimum Gasteiger partial charge on any atom is -0.369 e. The number of hydrogen-bond acceptors (Lipinski definition) is 2. The fourth-order valence-electron chi connectivity index (χ4n) is 2.83. The molecule has 0 aromatic heterocycles. The third kappa shape index (κ3) is 3.56. The highest BCUT2D eigenvalue weighted by Gasteiger charge is 2.17. The van der Waals surface area contributed by atoms with Gasteiger partial charge in [0, 0.05) is 24.3 Å². The molecule has 1 fully saturated rings. The van der Waals surface area contributed by atoms with E-state index < -0.39 is 0 Å². The van der Waals surface area contributed by atoms with Crippen molar-refractivity contribution in [2.24, 2.45) is 4.99 Å². The zero-order valence-corrected chi connectivity index (χ0v) is 14.2. The van der Waals surface area contributed by atoms with Crippen LogP contribution in [0.1, 0.15) is 29.5 Å². The third-order valence-electron chi connectivity index (χ3n) is 4.29. The highest BCUT2D eigenvalue weighted by molar-refractivity contribution is 6.31. The number of nitrogens with zero attached hydrogens (tertiary/aromatic N) is 2.